The first-order chi connectivity index (χ1) is 34.0. The van der Waals surface area contributed by atoms with Gasteiger partial charge in [-0.3, -0.25) is 14.4 Å². The lowest BCUT2D eigenvalue weighted by atomic mass is 10.0. The molecule has 0 amide bonds. The van der Waals surface area contributed by atoms with Crippen LogP contribution in [0.15, 0.2) is 60.8 Å². The number of allylic oxidation sites excluding steroid dienone is 10. The maximum Gasteiger partial charge on any atom is 0.306 e. The Balaban J connectivity index is 4.31. The van der Waals surface area contributed by atoms with Crippen molar-refractivity contribution in [2.75, 3.05) is 13.2 Å². The Hall–Kier alpha value is -2.89. The molecular formula is C63H112O6. The predicted molar refractivity (Wildman–Crippen MR) is 298 cm³/mol. The molecule has 0 spiro atoms. The highest BCUT2D eigenvalue weighted by Gasteiger charge is 2.19. The minimum atomic E-state index is -0.787. The van der Waals surface area contributed by atoms with E-state index in [1.54, 1.807) is 0 Å². The van der Waals surface area contributed by atoms with E-state index in [1.807, 2.05) is 0 Å². The first kappa shape index (κ1) is 66.1. The Labute approximate surface area is 428 Å². The molecule has 0 heterocycles. The normalized spacial score (nSPS) is 12.4. The van der Waals surface area contributed by atoms with Crippen LogP contribution in [0.1, 0.15) is 303 Å². The first-order valence-electron chi connectivity index (χ1n) is 29.8. The molecule has 1 atom stereocenters. The van der Waals surface area contributed by atoms with Crippen molar-refractivity contribution in [3.63, 3.8) is 0 Å². The molecule has 0 saturated carbocycles. The van der Waals surface area contributed by atoms with Crippen LogP contribution in [0, 0.1) is 0 Å². The number of carbonyl (C=O) groups excluding carboxylic acids is 3. The van der Waals surface area contributed by atoms with Crippen LogP contribution in [0.3, 0.4) is 0 Å². The van der Waals surface area contributed by atoms with Gasteiger partial charge in [-0.05, 0) is 96.3 Å². The van der Waals surface area contributed by atoms with Crippen LogP contribution in [0.25, 0.3) is 0 Å². The van der Waals surface area contributed by atoms with Gasteiger partial charge in [0.1, 0.15) is 13.2 Å². The van der Waals surface area contributed by atoms with Crippen molar-refractivity contribution in [1.82, 2.24) is 0 Å². The average molecular weight is 966 g/mol. The molecule has 0 fully saturated rings. The summed E-state index contributed by atoms with van der Waals surface area (Å²) >= 11 is 0. The summed E-state index contributed by atoms with van der Waals surface area (Å²) in [6.07, 6.45) is 72.2. The van der Waals surface area contributed by atoms with E-state index in [-0.39, 0.29) is 31.1 Å². The van der Waals surface area contributed by atoms with Gasteiger partial charge in [-0.25, -0.2) is 0 Å². The number of hydrogen-bond acceptors (Lipinski definition) is 6. The number of rotatable bonds is 54. The van der Waals surface area contributed by atoms with Crippen LogP contribution in [-0.2, 0) is 28.6 Å². The van der Waals surface area contributed by atoms with Crippen molar-refractivity contribution in [2.24, 2.45) is 0 Å². The fourth-order valence-electron chi connectivity index (χ4n) is 8.41. The predicted octanol–water partition coefficient (Wildman–Crippen LogP) is 20.0. The standard InChI is InChI=1S/C63H112O6/c1-4-7-10-13-16-19-22-25-28-29-30-31-32-33-34-35-36-39-41-44-47-50-53-56-62(65)68-59-60(69-63(66)57-54-51-48-45-42-38-27-24-21-18-15-12-9-6-3)58-67-61(64)55-52-49-46-43-40-37-26-23-20-17-14-11-8-5-2/h14-15,17-18,23-24,26-27,29-30,60H,4-13,16,19-22,25,28,31-59H2,1-3H3/b17-14-,18-15-,26-23-,27-24-,30-29-. The topological polar surface area (TPSA) is 78.9 Å². The van der Waals surface area contributed by atoms with Gasteiger partial charge in [0.05, 0.1) is 0 Å². The second kappa shape index (κ2) is 57.7. The van der Waals surface area contributed by atoms with E-state index < -0.39 is 6.10 Å². The van der Waals surface area contributed by atoms with Crippen LogP contribution >= 0.6 is 0 Å². The van der Waals surface area contributed by atoms with Gasteiger partial charge in [0.2, 0.25) is 0 Å². The van der Waals surface area contributed by atoms with Gasteiger partial charge < -0.3 is 14.2 Å². The third-order valence-electron chi connectivity index (χ3n) is 13.0. The second-order valence-corrected chi connectivity index (χ2v) is 19.9. The smallest absolute Gasteiger partial charge is 0.306 e. The van der Waals surface area contributed by atoms with E-state index in [1.165, 1.54) is 161 Å². The van der Waals surface area contributed by atoms with E-state index in [0.29, 0.717) is 19.3 Å². The van der Waals surface area contributed by atoms with Crippen molar-refractivity contribution in [3.8, 4) is 0 Å². The monoisotopic (exact) mass is 965 g/mol. The Morgan fingerprint density at radius 2 is 0.536 bits per heavy atom. The van der Waals surface area contributed by atoms with E-state index in [2.05, 4.69) is 81.5 Å². The molecule has 0 rings (SSSR count). The Morgan fingerprint density at radius 1 is 0.290 bits per heavy atom. The van der Waals surface area contributed by atoms with Gasteiger partial charge in [0.15, 0.2) is 6.10 Å². The SMILES string of the molecule is CCCC/C=C\C/C=C\CCCCCCCC(=O)OCC(COC(=O)CCCCCCCCCCCCC/C=C\CCCCCCCCCC)OC(=O)CCCCCCC/C=C\C/C=C\CCCC. The zero-order chi connectivity index (χ0) is 50.0. The van der Waals surface area contributed by atoms with E-state index in [9.17, 15) is 14.4 Å². The fraction of sp³-hybridized carbons (Fsp3) is 0.794. The lowest BCUT2D eigenvalue weighted by Crippen LogP contribution is -2.30. The average Bonchev–Trinajstić information content (AvgIpc) is 3.35. The highest BCUT2D eigenvalue weighted by atomic mass is 16.6. The Bertz CT molecular complexity index is 1250. The largest absolute Gasteiger partial charge is 0.462 e. The van der Waals surface area contributed by atoms with Crippen LogP contribution in [0.2, 0.25) is 0 Å². The van der Waals surface area contributed by atoms with E-state index in [4.69, 9.17) is 14.2 Å². The molecule has 0 bridgehead atoms. The van der Waals surface area contributed by atoms with Crippen molar-refractivity contribution in [3.05, 3.63) is 60.8 Å². The molecule has 0 aromatic heterocycles. The summed E-state index contributed by atoms with van der Waals surface area (Å²) in [6.45, 7) is 6.56. The quantitative estimate of drug-likeness (QED) is 0.0262. The molecule has 0 N–H and O–H groups in total. The van der Waals surface area contributed by atoms with Crippen molar-refractivity contribution < 1.29 is 28.6 Å². The molecule has 0 aliphatic carbocycles. The number of hydrogen-bond donors (Lipinski definition) is 0. The van der Waals surface area contributed by atoms with E-state index >= 15 is 0 Å². The summed E-state index contributed by atoms with van der Waals surface area (Å²) in [5, 5.41) is 0. The molecule has 0 aromatic carbocycles. The summed E-state index contributed by atoms with van der Waals surface area (Å²) in [7, 11) is 0. The molecule has 6 nitrogen and oxygen atoms in total. The van der Waals surface area contributed by atoms with Gasteiger partial charge in [0.25, 0.3) is 0 Å². The number of esters is 3. The highest BCUT2D eigenvalue weighted by molar-refractivity contribution is 5.71. The molecule has 0 aliphatic heterocycles. The molecule has 0 aromatic rings. The molecule has 0 aliphatic rings. The molecule has 6 heteroatoms. The fourth-order valence-corrected chi connectivity index (χ4v) is 8.41. The van der Waals surface area contributed by atoms with Crippen LogP contribution in [-0.4, -0.2) is 37.2 Å². The molecule has 400 valence electrons. The molecule has 1 unspecified atom stereocenters. The molecule has 69 heavy (non-hydrogen) atoms. The first-order valence-corrected chi connectivity index (χ1v) is 29.8. The van der Waals surface area contributed by atoms with Crippen molar-refractivity contribution >= 4 is 17.9 Å². The third kappa shape index (κ3) is 55.9. The van der Waals surface area contributed by atoms with E-state index in [0.717, 1.165) is 103 Å². The summed E-state index contributed by atoms with van der Waals surface area (Å²) in [4.78, 5) is 38.2. The number of ether oxygens (including phenoxy) is 3. The minimum absolute atomic E-state index is 0.0838. The maximum absolute atomic E-state index is 12.8. The summed E-state index contributed by atoms with van der Waals surface area (Å²) < 4.78 is 16.9. The van der Waals surface area contributed by atoms with Gasteiger partial charge in [-0.15, -0.1) is 0 Å². The summed E-state index contributed by atoms with van der Waals surface area (Å²) in [6, 6.07) is 0. The number of unbranched alkanes of at least 4 members (excludes halogenated alkanes) is 33. The lowest BCUT2D eigenvalue weighted by Gasteiger charge is -2.18. The maximum atomic E-state index is 12.8. The second-order valence-electron chi connectivity index (χ2n) is 19.9. The zero-order valence-electron chi connectivity index (χ0n) is 45.8. The zero-order valence-corrected chi connectivity index (χ0v) is 45.8. The molecule has 0 radical (unpaired) electrons. The van der Waals surface area contributed by atoms with Gasteiger partial charge in [-0.2, -0.15) is 0 Å². The molecular weight excluding hydrogens is 853 g/mol. The van der Waals surface area contributed by atoms with Gasteiger partial charge in [-0.1, -0.05) is 248 Å². The van der Waals surface area contributed by atoms with Gasteiger partial charge in [0, 0.05) is 19.3 Å². The highest BCUT2D eigenvalue weighted by Crippen LogP contribution is 2.16. The summed E-state index contributed by atoms with van der Waals surface area (Å²) in [5.41, 5.74) is 0. The summed E-state index contributed by atoms with van der Waals surface area (Å²) in [5.74, 6) is -0.903. The van der Waals surface area contributed by atoms with Crippen LogP contribution in [0.5, 0.6) is 0 Å². The molecule has 0 saturated heterocycles. The lowest BCUT2D eigenvalue weighted by molar-refractivity contribution is -0.167. The van der Waals surface area contributed by atoms with Gasteiger partial charge >= 0.3 is 17.9 Å². The Morgan fingerprint density at radius 3 is 0.855 bits per heavy atom. The van der Waals surface area contributed by atoms with Crippen molar-refractivity contribution in [1.29, 1.82) is 0 Å². The van der Waals surface area contributed by atoms with Crippen molar-refractivity contribution in [2.45, 2.75) is 309 Å². The third-order valence-corrected chi connectivity index (χ3v) is 13.0. The Kier molecular flexibility index (Phi) is 55.3. The van der Waals surface area contributed by atoms with Crippen LogP contribution in [0.4, 0.5) is 0 Å². The van der Waals surface area contributed by atoms with Crippen LogP contribution < -0.4 is 0 Å². The minimum Gasteiger partial charge on any atom is -0.462 e. The number of carbonyl (C=O) groups is 3.